The number of aliphatic hydroxyl groups excluding tert-OH is 1. The molecular formula is C24H27N3O4S. The highest BCUT2D eigenvalue weighted by molar-refractivity contribution is 7.91. The van der Waals surface area contributed by atoms with Crippen molar-refractivity contribution in [2.24, 2.45) is 5.41 Å². The maximum atomic E-state index is 12.8. The van der Waals surface area contributed by atoms with Crippen LogP contribution in [0.15, 0.2) is 53.4 Å². The topological polar surface area (TPSA) is 91.8 Å². The lowest BCUT2D eigenvalue weighted by atomic mass is 9.87. The third-order valence-electron chi connectivity index (χ3n) is 6.38. The van der Waals surface area contributed by atoms with Gasteiger partial charge in [-0.2, -0.15) is 0 Å². The van der Waals surface area contributed by atoms with Crippen molar-refractivity contribution < 1.29 is 18.3 Å². The van der Waals surface area contributed by atoms with Crippen molar-refractivity contribution in [1.82, 2.24) is 4.98 Å². The van der Waals surface area contributed by atoms with Crippen LogP contribution in [0.25, 0.3) is 10.9 Å². The molecule has 3 heterocycles. The Hall–Kier alpha value is -2.68. The summed E-state index contributed by atoms with van der Waals surface area (Å²) in [5, 5.41) is 14.3. The smallest absolute Gasteiger partial charge is 0.180 e. The number of rotatable bonds is 5. The molecule has 0 spiro atoms. The minimum atomic E-state index is -3.33. The molecule has 3 aromatic rings. The van der Waals surface area contributed by atoms with Crippen LogP contribution in [0.2, 0.25) is 0 Å². The normalized spacial score (nSPS) is 19.1. The van der Waals surface area contributed by atoms with Gasteiger partial charge >= 0.3 is 0 Å². The van der Waals surface area contributed by atoms with Gasteiger partial charge in [0.2, 0.25) is 0 Å². The van der Waals surface area contributed by atoms with E-state index in [0.29, 0.717) is 37.7 Å². The quantitative estimate of drug-likeness (QED) is 0.614. The number of hydrogen-bond donors (Lipinski definition) is 2. The second-order valence-corrected chi connectivity index (χ2v) is 11.0. The molecule has 0 unspecified atom stereocenters. The molecule has 0 saturated carbocycles. The maximum absolute atomic E-state index is 12.8. The Morgan fingerprint density at radius 3 is 2.75 bits per heavy atom. The summed E-state index contributed by atoms with van der Waals surface area (Å²) in [7, 11) is -3.33. The number of benzene rings is 2. The van der Waals surface area contributed by atoms with E-state index in [-0.39, 0.29) is 17.8 Å². The molecule has 2 aliphatic rings. The highest BCUT2D eigenvalue weighted by Crippen LogP contribution is 2.33. The zero-order valence-electron chi connectivity index (χ0n) is 18.0. The lowest BCUT2D eigenvalue weighted by molar-refractivity contribution is -0.128. The number of hydrogen-bond acceptors (Lipinski definition) is 7. The molecular weight excluding hydrogens is 426 g/mol. The fourth-order valence-electron chi connectivity index (χ4n) is 4.32. The molecule has 1 aromatic heterocycles. The van der Waals surface area contributed by atoms with Crippen LogP contribution >= 0.6 is 0 Å². The van der Waals surface area contributed by atoms with Crippen molar-refractivity contribution in [3.05, 3.63) is 59.7 Å². The van der Waals surface area contributed by atoms with Gasteiger partial charge in [0.25, 0.3) is 0 Å². The van der Waals surface area contributed by atoms with E-state index >= 15 is 0 Å². The molecule has 5 rings (SSSR count). The number of anilines is 2. The monoisotopic (exact) mass is 453 g/mol. The molecule has 7 nitrogen and oxygen atoms in total. The van der Waals surface area contributed by atoms with Crippen LogP contribution in [0.3, 0.4) is 0 Å². The average molecular weight is 454 g/mol. The zero-order chi connectivity index (χ0) is 22.3. The summed E-state index contributed by atoms with van der Waals surface area (Å²) in [6.45, 7) is 4.62. The summed E-state index contributed by atoms with van der Waals surface area (Å²) < 4.78 is 30.9. The van der Waals surface area contributed by atoms with Gasteiger partial charge in [0.1, 0.15) is 5.82 Å². The molecule has 32 heavy (non-hydrogen) atoms. The van der Waals surface area contributed by atoms with Crippen molar-refractivity contribution in [2.75, 3.05) is 48.9 Å². The van der Waals surface area contributed by atoms with E-state index in [1.165, 1.54) is 0 Å². The van der Waals surface area contributed by atoms with Crippen molar-refractivity contribution in [1.29, 1.82) is 0 Å². The number of nitrogens with zero attached hydrogens (tertiary/aromatic N) is 2. The predicted molar refractivity (Wildman–Crippen MR) is 125 cm³/mol. The van der Waals surface area contributed by atoms with E-state index in [9.17, 15) is 13.5 Å². The molecule has 1 fully saturated rings. The van der Waals surface area contributed by atoms with Crippen LogP contribution in [0.1, 0.15) is 11.1 Å². The Morgan fingerprint density at radius 1 is 1.19 bits per heavy atom. The van der Waals surface area contributed by atoms with Gasteiger partial charge in [-0.15, -0.1) is 0 Å². The summed E-state index contributed by atoms with van der Waals surface area (Å²) in [5.74, 6) is 0.782. The van der Waals surface area contributed by atoms with Gasteiger partial charge in [-0.05, 0) is 30.7 Å². The summed E-state index contributed by atoms with van der Waals surface area (Å²) in [4.78, 5) is 7.32. The lowest BCUT2D eigenvalue weighted by Crippen LogP contribution is -2.50. The zero-order valence-corrected chi connectivity index (χ0v) is 18.9. The molecule has 0 radical (unpaired) electrons. The SMILES string of the molecule is Cc1ccc2nc(N3CCS(=O)(=O)c4ccccc4C3)cc(NCC3(CO)COC3)c2c1. The number of ether oxygens (including phenoxy) is 1. The molecule has 2 N–H and O–H groups in total. The number of aromatic nitrogens is 1. The van der Waals surface area contributed by atoms with E-state index in [1.54, 1.807) is 12.1 Å². The van der Waals surface area contributed by atoms with Crippen LogP contribution in [-0.2, 0) is 21.1 Å². The van der Waals surface area contributed by atoms with E-state index in [0.717, 1.165) is 33.5 Å². The minimum absolute atomic E-state index is 0.0470. The van der Waals surface area contributed by atoms with Gasteiger partial charge in [0, 0.05) is 36.8 Å². The number of aliphatic hydroxyl groups is 1. The first kappa shape index (κ1) is 21.2. The molecule has 0 bridgehead atoms. The standard InChI is InChI=1S/C24H27N3O4S/c1-17-6-7-20-19(10-17)21(25-13-24(14-28)15-31-16-24)11-23(26-20)27-8-9-32(29,30)22-5-3-2-4-18(22)12-27/h2-7,10-11,28H,8-9,12-16H2,1H3,(H,25,26). The van der Waals surface area contributed by atoms with Crippen LogP contribution in [0, 0.1) is 12.3 Å². The first-order valence-electron chi connectivity index (χ1n) is 10.8. The van der Waals surface area contributed by atoms with Crippen LogP contribution in [0.5, 0.6) is 0 Å². The van der Waals surface area contributed by atoms with E-state index in [2.05, 4.69) is 11.4 Å². The Kier molecular flexibility index (Phi) is 5.31. The molecule has 2 aliphatic heterocycles. The van der Waals surface area contributed by atoms with Crippen molar-refractivity contribution in [2.45, 2.75) is 18.4 Å². The molecule has 168 valence electrons. The largest absolute Gasteiger partial charge is 0.396 e. The predicted octanol–water partition coefficient (Wildman–Crippen LogP) is 2.76. The third kappa shape index (κ3) is 3.83. The number of fused-ring (bicyclic) bond motifs is 2. The number of sulfone groups is 1. The number of aryl methyl sites for hydroxylation is 1. The minimum Gasteiger partial charge on any atom is -0.396 e. The van der Waals surface area contributed by atoms with Gasteiger partial charge < -0.3 is 20.1 Å². The fourth-order valence-corrected chi connectivity index (χ4v) is 5.81. The Morgan fingerprint density at radius 2 is 2.00 bits per heavy atom. The second kappa shape index (κ2) is 8.03. The second-order valence-electron chi connectivity index (χ2n) is 8.90. The van der Waals surface area contributed by atoms with Gasteiger partial charge in [-0.1, -0.05) is 29.8 Å². The lowest BCUT2D eigenvalue weighted by Gasteiger charge is -2.40. The highest BCUT2D eigenvalue weighted by Gasteiger charge is 2.38. The maximum Gasteiger partial charge on any atom is 0.180 e. The first-order valence-corrected chi connectivity index (χ1v) is 12.4. The van der Waals surface area contributed by atoms with E-state index < -0.39 is 9.84 Å². The van der Waals surface area contributed by atoms with Crippen molar-refractivity contribution >= 4 is 32.2 Å². The van der Waals surface area contributed by atoms with Gasteiger partial charge in [-0.25, -0.2) is 13.4 Å². The Bertz CT molecular complexity index is 1270. The van der Waals surface area contributed by atoms with Gasteiger partial charge in [0.15, 0.2) is 9.84 Å². The molecule has 2 aromatic carbocycles. The van der Waals surface area contributed by atoms with E-state index in [4.69, 9.17) is 9.72 Å². The fraction of sp³-hybridized carbons (Fsp3) is 0.375. The van der Waals surface area contributed by atoms with Gasteiger partial charge in [-0.3, -0.25) is 0 Å². The summed E-state index contributed by atoms with van der Waals surface area (Å²) in [6.07, 6.45) is 0. The first-order chi connectivity index (χ1) is 15.4. The summed E-state index contributed by atoms with van der Waals surface area (Å²) in [5.41, 5.74) is 3.42. The molecule has 8 heteroatoms. The number of nitrogens with one attached hydrogen (secondary N) is 1. The number of pyridine rings is 1. The molecule has 0 amide bonds. The average Bonchev–Trinajstić information content (AvgIpc) is 2.89. The van der Waals surface area contributed by atoms with E-state index in [1.807, 2.05) is 42.2 Å². The van der Waals surface area contributed by atoms with Crippen LogP contribution in [0.4, 0.5) is 11.5 Å². The summed E-state index contributed by atoms with van der Waals surface area (Å²) >= 11 is 0. The van der Waals surface area contributed by atoms with Gasteiger partial charge in [0.05, 0.1) is 41.4 Å². The molecule has 1 saturated heterocycles. The third-order valence-corrected chi connectivity index (χ3v) is 8.17. The summed E-state index contributed by atoms with van der Waals surface area (Å²) in [6, 6.07) is 15.3. The Labute approximate surface area is 188 Å². The highest BCUT2D eigenvalue weighted by atomic mass is 32.2. The Balaban J connectivity index is 1.54. The molecule has 0 aliphatic carbocycles. The van der Waals surface area contributed by atoms with Crippen molar-refractivity contribution in [3.8, 4) is 0 Å². The van der Waals surface area contributed by atoms with Crippen molar-refractivity contribution in [3.63, 3.8) is 0 Å². The van der Waals surface area contributed by atoms with Crippen LogP contribution < -0.4 is 10.2 Å². The molecule has 0 atom stereocenters. The van der Waals surface area contributed by atoms with Crippen LogP contribution in [-0.4, -0.2) is 57.2 Å².